The summed E-state index contributed by atoms with van der Waals surface area (Å²) in [5.74, 6) is 0. The van der Waals surface area contributed by atoms with Gasteiger partial charge in [-0.15, -0.1) is 0 Å². The van der Waals surface area contributed by atoms with Gasteiger partial charge < -0.3 is 0 Å². The lowest BCUT2D eigenvalue weighted by atomic mass is 9.63. The average Bonchev–Trinajstić information content (AvgIpc) is 2.92. The predicted octanol–water partition coefficient (Wildman–Crippen LogP) is 4.45. The van der Waals surface area contributed by atoms with Crippen molar-refractivity contribution in [1.82, 2.24) is 5.06 Å². The Hall–Kier alpha value is -0.970. The van der Waals surface area contributed by atoms with E-state index in [0.717, 1.165) is 11.1 Å². The van der Waals surface area contributed by atoms with E-state index in [1.165, 1.54) is 0 Å². The van der Waals surface area contributed by atoms with Gasteiger partial charge in [-0.3, -0.25) is 9.05 Å². The van der Waals surface area contributed by atoms with Crippen LogP contribution in [0.2, 0.25) is 0 Å². The number of benzene rings is 1. The fourth-order valence-electron chi connectivity index (χ4n) is 4.26. The summed E-state index contributed by atoms with van der Waals surface area (Å²) >= 11 is 0. The lowest BCUT2D eigenvalue weighted by Crippen LogP contribution is -2.53. The Kier molecular flexibility index (Phi) is 4.10. The molecule has 24 heavy (non-hydrogen) atoms. The van der Waals surface area contributed by atoms with Gasteiger partial charge in [0.25, 0.3) is 0 Å². The van der Waals surface area contributed by atoms with Crippen LogP contribution in [0, 0.1) is 10.8 Å². The molecule has 4 atom stereocenters. The summed E-state index contributed by atoms with van der Waals surface area (Å²) in [4.78, 5) is 6.59. The van der Waals surface area contributed by atoms with Gasteiger partial charge in [-0.1, -0.05) is 71.9 Å². The Morgan fingerprint density at radius 1 is 1.08 bits per heavy atom. The molecule has 1 fully saturated rings. The van der Waals surface area contributed by atoms with Crippen LogP contribution in [0.5, 0.6) is 0 Å². The Balaban J connectivity index is 2.20. The molecule has 3 rings (SSSR count). The molecule has 0 aliphatic carbocycles. The number of hydrogen-bond acceptors (Lipinski definition) is 3. The molecule has 0 aromatic heterocycles. The highest BCUT2D eigenvalue weighted by atomic mass is 32.2. The van der Waals surface area contributed by atoms with Gasteiger partial charge in [-0.25, -0.2) is 0 Å². The topological polar surface area (TPSA) is 29.5 Å². The Morgan fingerprint density at radius 3 is 2.17 bits per heavy atom. The van der Waals surface area contributed by atoms with E-state index < -0.39 is 16.4 Å². The molecule has 0 amide bonds. The largest absolute Gasteiger partial charge is 0.286 e. The standard InChI is InChI=1S/C20H29NO2S/c1-18(2,3)15-13-24(22)17-16(14-11-9-8-10-12-14)21(7)23-20(15,17)19(4,5)6/h8-13,16-17H,1-7H3/t16-,17?,20?,24?/m0/s1. The quantitative estimate of drug-likeness (QED) is 0.751. The van der Waals surface area contributed by atoms with Gasteiger partial charge in [0, 0.05) is 12.5 Å². The van der Waals surface area contributed by atoms with E-state index in [1.54, 1.807) is 0 Å². The molecule has 1 saturated heterocycles. The zero-order valence-corrected chi connectivity index (χ0v) is 16.6. The van der Waals surface area contributed by atoms with Crippen LogP contribution in [0.1, 0.15) is 53.1 Å². The highest BCUT2D eigenvalue weighted by Gasteiger charge is 2.67. The second-order valence-electron chi connectivity index (χ2n) is 9.01. The molecule has 132 valence electrons. The number of fused-ring (bicyclic) bond motifs is 1. The first-order valence-corrected chi connectivity index (χ1v) is 9.87. The van der Waals surface area contributed by atoms with Gasteiger partial charge in [0.2, 0.25) is 0 Å². The minimum Gasteiger partial charge on any atom is -0.286 e. The SMILES string of the molecule is CN1OC2(C(C)(C)C)C(C(C)(C)C)=CS(=O)C2[C@@H]1c1ccccc1. The summed E-state index contributed by atoms with van der Waals surface area (Å²) in [7, 11) is 0.903. The van der Waals surface area contributed by atoms with Crippen LogP contribution < -0.4 is 0 Å². The van der Waals surface area contributed by atoms with Crippen molar-refractivity contribution < 1.29 is 9.05 Å². The van der Waals surface area contributed by atoms with Gasteiger partial charge in [-0.2, -0.15) is 5.06 Å². The van der Waals surface area contributed by atoms with Crippen LogP contribution >= 0.6 is 0 Å². The van der Waals surface area contributed by atoms with Crippen molar-refractivity contribution in [3.8, 4) is 0 Å². The van der Waals surface area contributed by atoms with Crippen molar-refractivity contribution in [2.24, 2.45) is 10.8 Å². The summed E-state index contributed by atoms with van der Waals surface area (Å²) in [5.41, 5.74) is 1.51. The maximum atomic E-state index is 13.2. The van der Waals surface area contributed by atoms with Crippen molar-refractivity contribution >= 4 is 10.8 Å². The fourth-order valence-corrected chi connectivity index (χ4v) is 6.60. The molecule has 3 nitrogen and oxygen atoms in total. The number of hydrogen-bond donors (Lipinski definition) is 0. The van der Waals surface area contributed by atoms with E-state index in [0.29, 0.717) is 0 Å². The number of rotatable bonds is 1. The molecule has 0 radical (unpaired) electrons. The predicted molar refractivity (Wildman–Crippen MR) is 99.7 cm³/mol. The summed E-state index contributed by atoms with van der Waals surface area (Å²) in [6.07, 6.45) is 0. The highest BCUT2D eigenvalue weighted by molar-refractivity contribution is 7.89. The van der Waals surface area contributed by atoms with E-state index in [1.807, 2.05) is 35.7 Å². The van der Waals surface area contributed by atoms with Crippen LogP contribution in [0.15, 0.2) is 41.3 Å². The molecule has 0 saturated carbocycles. The zero-order chi connectivity index (χ0) is 17.9. The van der Waals surface area contributed by atoms with Crippen molar-refractivity contribution in [2.45, 2.75) is 58.4 Å². The summed E-state index contributed by atoms with van der Waals surface area (Å²) < 4.78 is 13.2. The molecule has 1 aromatic carbocycles. The molecule has 0 bridgehead atoms. The van der Waals surface area contributed by atoms with Crippen LogP contribution in [-0.2, 0) is 15.6 Å². The van der Waals surface area contributed by atoms with E-state index in [-0.39, 0.29) is 22.1 Å². The second-order valence-corrected chi connectivity index (χ2v) is 10.4. The van der Waals surface area contributed by atoms with Gasteiger partial charge >= 0.3 is 0 Å². The monoisotopic (exact) mass is 347 g/mol. The van der Waals surface area contributed by atoms with Crippen molar-refractivity contribution in [2.75, 3.05) is 7.05 Å². The summed E-state index contributed by atoms with van der Waals surface area (Å²) in [5, 5.41) is 3.81. The van der Waals surface area contributed by atoms with E-state index in [4.69, 9.17) is 4.84 Å². The van der Waals surface area contributed by atoms with Crippen LogP contribution in [0.4, 0.5) is 0 Å². The maximum absolute atomic E-state index is 13.2. The average molecular weight is 348 g/mol. The molecule has 1 aromatic rings. The van der Waals surface area contributed by atoms with E-state index >= 15 is 0 Å². The molecule has 0 spiro atoms. The lowest BCUT2D eigenvalue weighted by Gasteiger charge is -2.46. The fraction of sp³-hybridized carbons (Fsp3) is 0.600. The molecule has 3 unspecified atom stereocenters. The van der Waals surface area contributed by atoms with Crippen molar-refractivity contribution in [3.05, 3.63) is 46.9 Å². The smallest absolute Gasteiger partial charge is 0.134 e. The third-order valence-electron chi connectivity index (χ3n) is 5.31. The Labute approximate surface area is 148 Å². The van der Waals surface area contributed by atoms with E-state index in [9.17, 15) is 4.21 Å². The normalized spacial score (nSPS) is 34.3. The first-order valence-electron chi connectivity index (χ1n) is 8.59. The number of hydroxylamine groups is 2. The molecule has 4 heteroatoms. The van der Waals surface area contributed by atoms with Gasteiger partial charge in [-0.05, 0) is 22.0 Å². The molecule has 2 aliphatic rings. The minimum atomic E-state index is -1.07. The van der Waals surface area contributed by atoms with Crippen LogP contribution in [0.3, 0.4) is 0 Å². The van der Waals surface area contributed by atoms with Crippen molar-refractivity contribution in [3.63, 3.8) is 0 Å². The van der Waals surface area contributed by atoms with Gasteiger partial charge in [0.1, 0.15) is 5.60 Å². The first kappa shape index (κ1) is 17.8. The zero-order valence-electron chi connectivity index (χ0n) is 15.8. The Bertz CT molecular complexity index is 684. The van der Waals surface area contributed by atoms with Gasteiger partial charge in [0.05, 0.1) is 22.1 Å². The highest BCUT2D eigenvalue weighted by Crippen LogP contribution is 2.61. The second kappa shape index (κ2) is 5.52. The molecule has 2 heterocycles. The Morgan fingerprint density at radius 2 is 1.67 bits per heavy atom. The van der Waals surface area contributed by atoms with Gasteiger partial charge in [0.15, 0.2) is 0 Å². The molecule has 2 aliphatic heterocycles. The lowest BCUT2D eigenvalue weighted by molar-refractivity contribution is -0.211. The minimum absolute atomic E-state index is 0.0117. The summed E-state index contributed by atoms with van der Waals surface area (Å²) in [6.45, 7) is 13.2. The third-order valence-corrected chi connectivity index (χ3v) is 6.87. The van der Waals surface area contributed by atoms with Crippen LogP contribution in [-0.4, -0.2) is 27.2 Å². The van der Waals surface area contributed by atoms with E-state index in [2.05, 4.69) is 53.7 Å². The molecule has 0 N–H and O–H groups in total. The summed E-state index contributed by atoms with van der Waals surface area (Å²) in [6, 6.07) is 10.3. The van der Waals surface area contributed by atoms with Crippen molar-refractivity contribution in [1.29, 1.82) is 0 Å². The third kappa shape index (κ3) is 2.42. The molecular weight excluding hydrogens is 318 g/mol. The van der Waals surface area contributed by atoms with Crippen LogP contribution in [0.25, 0.3) is 0 Å². The first-order chi connectivity index (χ1) is 11.0. The molecular formula is C20H29NO2S. The maximum Gasteiger partial charge on any atom is 0.134 e. The number of nitrogens with zero attached hydrogens (tertiary/aromatic N) is 1.